The van der Waals surface area contributed by atoms with Crippen molar-refractivity contribution in [2.75, 3.05) is 17.3 Å². The van der Waals surface area contributed by atoms with E-state index in [0.29, 0.717) is 22.2 Å². The number of hydrogen-bond acceptors (Lipinski definition) is 4. The van der Waals surface area contributed by atoms with Crippen molar-refractivity contribution in [3.63, 3.8) is 0 Å². The average molecular weight is 410 g/mol. The number of pyridine rings is 1. The fourth-order valence-electron chi connectivity index (χ4n) is 2.98. The van der Waals surface area contributed by atoms with Crippen LogP contribution >= 0.6 is 11.6 Å². The number of aromatic nitrogens is 1. The Morgan fingerprint density at radius 3 is 2.38 bits per heavy atom. The van der Waals surface area contributed by atoms with Gasteiger partial charge in [0.1, 0.15) is 0 Å². The van der Waals surface area contributed by atoms with Crippen molar-refractivity contribution in [2.45, 2.75) is 26.2 Å². The number of carbonyl (C=O) groups is 1. The summed E-state index contributed by atoms with van der Waals surface area (Å²) >= 11 is 6.21. The number of rotatable bonds is 4. The zero-order chi connectivity index (χ0) is 21.2. The topological polar surface area (TPSA) is 65.5 Å². The lowest BCUT2D eigenvalue weighted by Crippen LogP contribution is -2.16. The predicted octanol–water partition coefficient (Wildman–Crippen LogP) is 5.76. The maximum absolute atomic E-state index is 12.8. The van der Waals surface area contributed by atoms with Gasteiger partial charge in [-0.05, 0) is 47.4 Å². The number of anilines is 3. The first-order chi connectivity index (χ1) is 13.7. The Kier molecular flexibility index (Phi) is 5.80. The van der Waals surface area contributed by atoms with Gasteiger partial charge in [-0.15, -0.1) is 0 Å². The van der Waals surface area contributed by atoms with Crippen LogP contribution in [0.2, 0.25) is 5.02 Å². The Morgan fingerprint density at radius 2 is 1.76 bits per heavy atom. The lowest BCUT2D eigenvalue weighted by Gasteiger charge is -2.21. The van der Waals surface area contributed by atoms with Crippen LogP contribution in [0.1, 0.15) is 36.7 Å². The van der Waals surface area contributed by atoms with Crippen LogP contribution in [-0.4, -0.2) is 23.0 Å². The van der Waals surface area contributed by atoms with Gasteiger partial charge in [-0.25, -0.2) is 4.98 Å². The molecule has 1 aromatic heterocycles. The molecule has 0 aliphatic heterocycles. The van der Waals surface area contributed by atoms with Gasteiger partial charge in [-0.3, -0.25) is 4.79 Å². The number of nitrogens with one attached hydrogen (secondary N) is 1. The van der Waals surface area contributed by atoms with E-state index in [0.717, 1.165) is 0 Å². The van der Waals surface area contributed by atoms with E-state index in [4.69, 9.17) is 11.6 Å². The molecule has 5 nitrogen and oxygen atoms in total. The molecule has 6 heteroatoms. The van der Waals surface area contributed by atoms with Gasteiger partial charge in [-0.2, -0.15) is 0 Å². The van der Waals surface area contributed by atoms with Gasteiger partial charge in [0, 0.05) is 18.9 Å². The highest BCUT2D eigenvalue weighted by atomic mass is 35.5. The molecular weight excluding hydrogens is 386 g/mol. The van der Waals surface area contributed by atoms with Crippen molar-refractivity contribution in [3.05, 3.63) is 76.9 Å². The highest BCUT2D eigenvalue weighted by Gasteiger charge is 2.19. The molecule has 1 amide bonds. The molecule has 0 bridgehead atoms. The third kappa shape index (κ3) is 4.51. The van der Waals surface area contributed by atoms with Gasteiger partial charge in [-0.1, -0.05) is 50.6 Å². The molecule has 0 atom stereocenters. The standard InChI is InChI=1S/C23H24ClN3O2/c1-23(2,3)15-10-12-16(13-11-15)26-22(29)17-7-5-9-19(20(17)28)27(4)21-18(24)8-6-14-25-21/h5-14,28H,1-4H3,(H,26,29). The van der Waals surface area contributed by atoms with E-state index < -0.39 is 5.91 Å². The first-order valence-electron chi connectivity index (χ1n) is 9.26. The molecule has 0 spiro atoms. The average Bonchev–Trinajstić information content (AvgIpc) is 2.67. The van der Waals surface area contributed by atoms with Crippen LogP contribution in [0.5, 0.6) is 5.75 Å². The number of phenols is 1. The Hall–Kier alpha value is -3.05. The Morgan fingerprint density at radius 1 is 1.07 bits per heavy atom. The van der Waals surface area contributed by atoms with Crippen LogP contribution in [0.25, 0.3) is 0 Å². The molecule has 0 unspecified atom stereocenters. The quantitative estimate of drug-likeness (QED) is 0.575. The lowest BCUT2D eigenvalue weighted by atomic mass is 9.87. The summed E-state index contributed by atoms with van der Waals surface area (Å²) < 4.78 is 0. The summed E-state index contributed by atoms with van der Waals surface area (Å²) in [4.78, 5) is 18.7. The van der Waals surface area contributed by atoms with Gasteiger partial charge in [0.25, 0.3) is 5.91 Å². The summed E-state index contributed by atoms with van der Waals surface area (Å²) in [7, 11) is 1.73. The zero-order valence-electron chi connectivity index (χ0n) is 16.9. The summed E-state index contributed by atoms with van der Waals surface area (Å²) in [6.45, 7) is 6.40. The molecular formula is C23H24ClN3O2. The van der Waals surface area contributed by atoms with Crippen molar-refractivity contribution in [3.8, 4) is 5.75 Å². The molecule has 150 valence electrons. The van der Waals surface area contributed by atoms with E-state index >= 15 is 0 Å². The minimum atomic E-state index is -0.395. The van der Waals surface area contributed by atoms with E-state index in [9.17, 15) is 9.90 Å². The third-order valence-electron chi connectivity index (χ3n) is 4.69. The Labute approximate surface area is 176 Å². The number of hydrogen-bond donors (Lipinski definition) is 2. The van der Waals surface area contributed by atoms with Crippen molar-refractivity contribution >= 4 is 34.7 Å². The molecule has 0 radical (unpaired) electrons. The third-order valence-corrected chi connectivity index (χ3v) is 4.98. The highest BCUT2D eigenvalue weighted by molar-refractivity contribution is 6.33. The maximum Gasteiger partial charge on any atom is 0.259 e. The van der Waals surface area contributed by atoms with Crippen molar-refractivity contribution in [1.29, 1.82) is 0 Å². The minimum Gasteiger partial charge on any atom is -0.505 e. The summed E-state index contributed by atoms with van der Waals surface area (Å²) in [6, 6.07) is 16.1. The molecule has 3 aromatic rings. The van der Waals surface area contributed by atoms with Crippen LogP contribution in [0.3, 0.4) is 0 Å². The van der Waals surface area contributed by atoms with Crippen LogP contribution in [-0.2, 0) is 5.41 Å². The second-order valence-electron chi connectivity index (χ2n) is 7.82. The molecule has 2 aromatic carbocycles. The number of amides is 1. The molecule has 29 heavy (non-hydrogen) atoms. The summed E-state index contributed by atoms with van der Waals surface area (Å²) in [5, 5.41) is 14.0. The van der Waals surface area contributed by atoms with Crippen LogP contribution in [0, 0.1) is 0 Å². The number of carbonyl (C=O) groups excluding carboxylic acids is 1. The Bertz CT molecular complexity index is 1030. The molecule has 0 saturated carbocycles. The van der Waals surface area contributed by atoms with Crippen molar-refractivity contribution in [2.24, 2.45) is 0 Å². The first kappa shape index (κ1) is 20.7. The summed E-state index contributed by atoms with van der Waals surface area (Å²) in [5.41, 5.74) is 2.47. The number of phenolic OH excluding ortho intramolecular Hbond substituents is 1. The van der Waals surface area contributed by atoms with Gasteiger partial charge < -0.3 is 15.3 Å². The maximum atomic E-state index is 12.8. The van der Waals surface area contributed by atoms with Crippen molar-refractivity contribution < 1.29 is 9.90 Å². The first-order valence-corrected chi connectivity index (χ1v) is 9.64. The summed E-state index contributed by atoms with van der Waals surface area (Å²) in [6.07, 6.45) is 1.62. The second-order valence-corrected chi connectivity index (χ2v) is 8.23. The SMILES string of the molecule is CN(c1cccc(C(=O)Nc2ccc(C(C)(C)C)cc2)c1O)c1ncccc1Cl. The van der Waals surface area contributed by atoms with Crippen molar-refractivity contribution in [1.82, 2.24) is 4.98 Å². The normalized spacial score (nSPS) is 11.2. The van der Waals surface area contributed by atoms with Crippen LogP contribution in [0.15, 0.2) is 60.8 Å². The smallest absolute Gasteiger partial charge is 0.259 e. The van der Waals surface area contributed by atoms with Gasteiger partial charge in [0.2, 0.25) is 0 Å². The van der Waals surface area contributed by atoms with Gasteiger partial charge in [0.15, 0.2) is 11.6 Å². The van der Waals surface area contributed by atoms with Gasteiger partial charge >= 0.3 is 0 Å². The monoisotopic (exact) mass is 409 g/mol. The largest absolute Gasteiger partial charge is 0.505 e. The number of para-hydroxylation sites is 1. The van der Waals surface area contributed by atoms with E-state index in [1.165, 1.54) is 5.56 Å². The summed E-state index contributed by atoms with van der Waals surface area (Å²) in [5.74, 6) is -0.0475. The van der Waals surface area contributed by atoms with E-state index in [1.807, 2.05) is 24.3 Å². The van der Waals surface area contributed by atoms with Gasteiger partial charge in [0.05, 0.1) is 16.3 Å². The number of nitrogens with zero attached hydrogens (tertiary/aromatic N) is 2. The Balaban J connectivity index is 1.85. The molecule has 0 aliphatic carbocycles. The molecule has 0 fully saturated rings. The second kappa shape index (κ2) is 8.13. The zero-order valence-corrected chi connectivity index (χ0v) is 17.7. The van der Waals surface area contributed by atoms with Crippen LogP contribution < -0.4 is 10.2 Å². The highest BCUT2D eigenvalue weighted by Crippen LogP contribution is 2.36. The van der Waals surface area contributed by atoms with E-state index in [-0.39, 0.29) is 16.7 Å². The minimum absolute atomic E-state index is 0.0342. The number of aromatic hydroxyl groups is 1. The molecule has 0 saturated heterocycles. The molecule has 3 rings (SSSR count). The molecule has 2 N–H and O–H groups in total. The number of halogens is 1. The number of benzene rings is 2. The fraction of sp³-hybridized carbons (Fsp3) is 0.217. The lowest BCUT2D eigenvalue weighted by molar-refractivity contribution is 0.102. The van der Waals surface area contributed by atoms with E-state index in [1.54, 1.807) is 48.5 Å². The van der Waals surface area contributed by atoms with Crippen LogP contribution in [0.4, 0.5) is 17.2 Å². The molecule has 1 heterocycles. The molecule has 0 aliphatic rings. The predicted molar refractivity (Wildman–Crippen MR) is 119 cm³/mol. The van der Waals surface area contributed by atoms with E-state index in [2.05, 4.69) is 31.1 Å². The fourth-order valence-corrected chi connectivity index (χ4v) is 3.22.